The maximum atomic E-state index is 8.75. The molecule has 3 nitrogen and oxygen atoms in total. The number of benzene rings is 1. The molecule has 1 heterocycles. The Labute approximate surface area is 95.1 Å². The highest BCUT2D eigenvalue weighted by atomic mass is 14.9. The minimum atomic E-state index is -0.420. The quantitative estimate of drug-likeness (QED) is 0.848. The zero-order valence-electron chi connectivity index (χ0n) is 9.35. The lowest BCUT2D eigenvalue weighted by atomic mass is 10.1. The van der Waals surface area contributed by atoms with Gasteiger partial charge in [-0.05, 0) is 18.6 Å². The number of hydrogen-bond acceptors (Lipinski definition) is 2. The van der Waals surface area contributed by atoms with Crippen molar-refractivity contribution in [3.8, 4) is 6.07 Å². The molecule has 3 heteroatoms. The van der Waals surface area contributed by atoms with Crippen molar-refractivity contribution >= 4 is 10.9 Å². The van der Waals surface area contributed by atoms with Crippen LogP contribution in [0.4, 0.5) is 0 Å². The smallest absolute Gasteiger partial charge is 0.0969 e. The third-order valence-electron chi connectivity index (χ3n) is 2.82. The molecule has 1 atom stereocenters. The zero-order chi connectivity index (χ0) is 11.5. The van der Waals surface area contributed by atoms with E-state index in [-0.39, 0.29) is 0 Å². The van der Waals surface area contributed by atoms with E-state index in [0.717, 1.165) is 12.1 Å². The molecule has 0 saturated heterocycles. The third kappa shape index (κ3) is 1.80. The Bertz CT molecular complexity index is 534. The fourth-order valence-electron chi connectivity index (χ4n) is 2.03. The second-order valence-corrected chi connectivity index (χ2v) is 3.90. The number of aryl methyl sites for hydroxylation is 1. The molecule has 0 radical (unpaired) electrons. The van der Waals surface area contributed by atoms with E-state index in [1.807, 2.05) is 12.1 Å². The van der Waals surface area contributed by atoms with Crippen molar-refractivity contribution in [3.63, 3.8) is 0 Å². The van der Waals surface area contributed by atoms with Gasteiger partial charge >= 0.3 is 0 Å². The molecule has 1 unspecified atom stereocenters. The molecule has 0 aliphatic rings. The number of para-hydroxylation sites is 1. The SMILES string of the molecule is CCn1cc(CC(N)C#N)c2ccccc21. The number of rotatable bonds is 3. The molecule has 0 bridgehead atoms. The normalized spacial score (nSPS) is 12.6. The lowest BCUT2D eigenvalue weighted by Crippen LogP contribution is -2.19. The Hall–Kier alpha value is -1.79. The summed E-state index contributed by atoms with van der Waals surface area (Å²) in [7, 11) is 0. The molecule has 0 spiro atoms. The van der Waals surface area contributed by atoms with Crippen molar-refractivity contribution in [1.29, 1.82) is 5.26 Å². The molecule has 0 aliphatic carbocycles. The minimum absolute atomic E-state index is 0.420. The Balaban J connectivity index is 2.50. The van der Waals surface area contributed by atoms with Gasteiger partial charge in [-0.3, -0.25) is 0 Å². The van der Waals surface area contributed by atoms with Crippen LogP contribution in [-0.2, 0) is 13.0 Å². The van der Waals surface area contributed by atoms with Crippen molar-refractivity contribution in [2.45, 2.75) is 25.9 Å². The average molecular weight is 213 g/mol. The third-order valence-corrected chi connectivity index (χ3v) is 2.82. The number of fused-ring (bicyclic) bond motifs is 1. The molecule has 0 saturated carbocycles. The van der Waals surface area contributed by atoms with Gasteiger partial charge in [-0.15, -0.1) is 0 Å². The highest BCUT2D eigenvalue weighted by Crippen LogP contribution is 2.22. The highest BCUT2D eigenvalue weighted by molar-refractivity contribution is 5.84. The molecule has 0 fully saturated rings. The molecule has 0 amide bonds. The first-order valence-electron chi connectivity index (χ1n) is 5.48. The molecular formula is C13H15N3. The summed E-state index contributed by atoms with van der Waals surface area (Å²) < 4.78 is 2.19. The van der Waals surface area contributed by atoms with E-state index in [1.54, 1.807) is 0 Å². The standard InChI is InChI=1S/C13H15N3/c1-2-16-9-10(7-11(15)8-14)12-5-3-4-6-13(12)16/h3-6,9,11H,2,7,15H2,1H3. The summed E-state index contributed by atoms with van der Waals surface area (Å²) in [5.74, 6) is 0. The maximum absolute atomic E-state index is 8.75. The fraction of sp³-hybridized carbons (Fsp3) is 0.308. The van der Waals surface area contributed by atoms with Gasteiger partial charge in [0.2, 0.25) is 0 Å². The van der Waals surface area contributed by atoms with Gasteiger partial charge in [0.1, 0.15) is 0 Å². The van der Waals surface area contributed by atoms with Crippen LogP contribution in [0.1, 0.15) is 12.5 Å². The lowest BCUT2D eigenvalue weighted by molar-refractivity contribution is 0.778. The molecule has 2 rings (SSSR count). The highest BCUT2D eigenvalue weighted by Gasteiger charge is 2.10. The van der Waals surface area contributed by atoms with Crippen LogP contribution in [0.2, 0.25) is 0 Å². The molecule has 0 aliphatic heterocycles. The Morgan fingerprint density at radius 1 is 1.44 bits per heavy atom. The van der Waals surface area contributed by atoms with Crippen LogP contribution in [0.5, 0.6) is 0 Å². The van der Waals surface area contributed by atoms with E-state index in [4.69, 9.17) is 11.0 Å². The van der Waals surface area contributed by atoms with Crippen molar-refractivity contribution in [1.82, 2.24) is 4.57 Å². The lowest BCUT2D eigenvalue weighted by Gasteiger charge is -2.00. The van der Waals surface area contributed by atoms with Gasteiger partial charge in [0.15, 0.2) is 0 Å². The molecular weight excluding hydrogens is 198 g/mol. The summed E-state index contributed by atoms with van der Waals surface area (Å²) >= 11 is 0. The second-order valence-electron chi connectivity index (χ2n) is 3.90. The predicted molar refractivity (Wildman–Crippen MR) is 64.9 cm³/mol. The first kappa shape index (κ1) is 10.7. The number of nitrogens with two attached hydrogens (primary N) is 1. The van der Waals surface area contributed by atoms with E-state index in [9.17, 15) is 0 Å². The monoisotopic (exact) mass is 213 g/mol. The van der Waals surface area contributed by atoms with Gasteiger partial charge in [-0.2, -0.15) is 5.26 Å². The van der Waals surface area contributed by atoms with Gasteiger partial charge in [-0.1, -0.05) is 18.2 Å². The fourth-order valence-corrected chi connectivity index (χ4v) is 2.03. The van der Waals surface area contributed by atoms with E-state index in [0.29, 0.717) is 6.42 Å². The Morgan fingerprint density at radius 2 is 2.19 bits per heavy atom. The molecule has 1 aromatic heterocycles. The number of nitriles is 1. The Kier molecular flexibility index (Phi) is 2.93. The first-order chi connectivity index (χ1) is 7.76. The maximum Gasteiger partial charge on any atom is 0.0969 e. The first-order valence-corrected chi connectivity index (χ1v) is 5.48. The van der Waals surface area contributed by atoms with E-state index in [1.165, 1.54) is 10.9 Å². The second kappa shape index (κ2) is 4.38. The van der Waals surface area contributed by atoms with Crippen LogP contribution in [0.15, 0.2) is 30.5 Å². The van der Waals surface area contributed by atoms with Gasteiger partial charge in [0, 0.05) is 30.1 Å². The number of aromatic nitrogens is 1. The average Bonchev–Trinajstić information content (AvgIpc) is 2.68. The van der Waals surface area contributed by atoms with Crippen molar-refractivity contribution < 1.29 is 0 Å². The molecule has 2 aromatic rings. The van der Waals surface area contributed by atoms with Crippen molar-refractivity contribution in [2.75, 3.05) is 0 Å². The van der Waals surface area contributed by atoms with Gasteiger partial charge in [0.05, 0.1) is 12.1 Å². The van der Waals surface area contributed by atoms with Crippen LogP contribution < -0.4 is 5.73 Å². The summed E-state index contributed by atoms with van der Waals surface area (Å²) in [6, 6.07) is 9.88. The van der Waals surface area contributed by atoms with Crippen LogP contribution in [0.3, 0.4) is 0 Å². The molecule has 82 valence electrons. The van der Waals surface area contributed by atoms with Gasteiger partial charge in [0.25, 0.3) is 0 Å². The topological polar surface area (TPSA) is 54.7 Å². The predicted octanol–water partition coefficient (Wildman–Crippen LogP) is 2.05. The largest absolute Gasteiger partial charge is 0.347 e. The van der Waals surface area contributed by atoms with E-state index in [2.05, 4.69) is 35.9 Å². The van der Waals surface area contributed by atoms with Crippen LogP contribution in [-0.4, -0.2) is 10.6 Å². The number of nitrogens with zero attached hydrogens (tertiary/aromatic N) is 2. The van der Waals surface area contributed by atoms with Crippen molar-refractivity contribution in [2.24, 2.45) is 5.73 Å². The van der Waals surface area contributed by atoms with Gasteiger partial charge < -0.3 is 10.3 Å². The zero-order valence-corrected chi connectivity index (χ0v) is 9.35. The number of hydrogen-bond donors (Lipinski definition) is 1. The van der Waals surface area contributed by atoms with E-state index >= 15 is 0 Å². The Morgan fingerprint density at radius 3 is 2.88 bits per heavy atom. The summed E-state index contributed by atoms with van der Waals surface area (Å²) in [6.45, 7) is 3.04. The molecule has 16 heavy (non-hydrogen) atoms. The van der Waals surface area contributed by atoms with Crippen LogP contribution >= 0.6 is 0 Å². The summed E-state index contributed by atoms with van der Waals surface area (Å²) in [6.07, 6.45) is 2.71. The summed E-state index contributed by atoms with van der Waals surface area (Å²) in [5, 5.41) is 9.95. The van der Waals surface area contributed by atoms with E-state index < -0.39 is 6.04 Å². The molecule has 1 aromatic carbocycles. The molecule has 2 N–H and O–H groups in total. The summed E-state index contributed by atoms with van der Waals surface area (Å²) in [5.41, 5.74) is 8.05. The minimum Gasteiger partial charge on any atom is -0.347 e. The van der Waals surface area contributed by atoms with Gasteiger partial charge in [-0.25, -0.2) is 0 Å². The van der Waals surface area contributed by atoms with Crippen LogP contribution in [0.25, 0.3) is 10.9 Å². The van der Waals surface area contributed by atoms with Crippen molar-refractivity contribution in [3.05, 3.63) is 36.0 Å². The summed E-state index contributed by atoms with van der Waals surface area (Å²) in [4.78, 5) is 0. The van der Waals surface area contributed by atoms with Crippen LogP contribution in [0, 0.1) is 11.3 Å².